The number of amides is 1. The highest BCUT2D eigenvalue weighted by Gasteiger charge is 2.21. The molecule has 5 aromatic heterocycles. The van der Waals surface area contributed by atoms with E-state index in [1.54, 1.807) is 18.6 Å². The van der Waals surface area contributed by atoms with Gasteiger partial charge in [0.05, 0.1) is 34.5 Å². The van der Waals surface area contributed by atoms with Crippen molar-refractivity contribution in [2.45, 2.75) is 20.8 Å². The standard InChI is InChI=1S/C29H25N7O/c1-29(2,3)28(37)32-18-13-17(15-30-16-18)21-10-11-24-26(34-21)27(36-35-24)25-14-20-19(7-6-9-23(20)33-25)22-8-4-5-12-31-22/h4-16,33H,1-3H3,(H,32,37)(H,35,36). The molecule has 0 radical (unpaired) electrons. The van der Waals surface area contributed by atoms with Gasteiger partial charge in [0.15, 0.2) is 0 Å². The van der Waals surface area contributed by atoms with Crippen LogP contribution in [0.4, 0.5) is 5.69 Å². The zero-order chi connectivity index (χ0) is 25.6. The van der Waals surface area contributed by atoms with Gasteiger partial charge in [-0.3, -0.25) is 19.9 Å². The van der Waals surface area contributed by atoms with Crippen LogP contribution in [0.5, 0.6) is 0 Å². The largest absolute Gasteiger partial charge is 0.353 e. The number of benzene rings is 1. The van der Waals surface area contributed by atoms with Gasteiger partial charge in [0, 0.05) is 39.8 Å². The normalized spacial score (nSPS) is 11.8. The third-order valence-corrected chi connectivity index (χ3v) is 6.24. The Morgan fingerprint density at radius 1 is 0.919 bits per heavy atom. The van der Waals surface area contributed by atoms with E-state index in [4.69, 9.17) is 4.98 Å². The second kappa shape index (κ2) is 8.67. The zero-order valence-electron chi connectivity index (χ0n) is 20.7. The van der Waals surface area contributed by atoms with Gasteiger partial charge in [0.2, 0.25) is 5.91 Å². The predicted octanol–water partition coefficient (Wildman–Crippen LogP) is 6.21. The number of hydrogen-bond acceptors (Lipinski definition) is 5. The average molecular weight is 488 g/mol. The number of pyridine rings is 3. The fourth-order valence-electron chi connectivity index (χ4n) is 4.24. The fourth-order valence-corrected chi connectivity index (χ4v) is 4.24. The molecular formula is C29H25N7O. The van der Waals surface area contributed by atoms with Crippen LogP contribution in [0, 0.1) is 5.41 Å². The maximum atomic E-state index is 12.4. The molecule has 8 heteroatoms. The van der Waals surface area contributed by atoms with Gasteiger partial charge in [0.25, 0.3) is 0 Å². The van der Waals surface area contributed by atoms with Crippen LogP contribution in [0.25, 0.3) is 55.8 Å². The summed E-state index contributed by atoms with van der Waals surface area (Å²) < 4.78 is 0. The van der Waals surface area contributed by atoms with E-state index in [9.17, 15) is 4.79 Å². The molecule has 182 valence electrons. The summed E-state index contributed by atoms with van der Waals surface area (Å²) in [6.45, 7) is 5.62. The summed E-state index contributed by atoms with van der Waals surface area (Å²) in [6.07, 6.45) is 5.17. The zero-order valence-corrected chi connectivity index (χ0v) is 20.7. The molecule has 0 fully saturated rings. The third kappa shape index (κ3) is 4.23. The van der Waals surface area contributed by atoms with E-state index < -0.39 is 5.41 Å². The van der Waals surface area contributed by atoms with Crippen LogP contribution in [0.2, 0.25) is 0 Å². The SMILES string of the molecule is CC(C)(C)C(=O)Nc1cncc(-c2ccc3[nH]nc(-c4cc5c(-c6ccccn6)cccc5[nH]4)c3n2)c1. The molecule has 0 aliphatic heterocycles. The quantitative estimate of drug-likeness (QED) is 0.273. The van der Waals surface area contributed by atoms with Crippen LogP contribution in [0.3, 0.4) is 0 Å². The number of anilines is 1. The minimum atomic E-state index is -0.505. The third-order valence-electron chi connectivity index (χ3n) is 6.24. The smallest absolute Gasteiger partial charge is 0.229 e. The summed E-state index contributed by atoms with van der Waals surface area (Å²) in [5.74, 6) is -0.0733. The molecule has 3 N–H and O–H groups in total. The maximum absolute atomic E-state index is 12.4. The molecule has 5 heterocycles. The first-order chi connectivity index (χ1) is 17.9. The molecule has 0 unspecified atom stereocenters. The summed E-state index contributed by atoms with van der Waals surface area (Å²) in [7, 11) is 0. The van der Waals surface area contributed by atoms with Crippen LogP contribution in [-0.4, -0.2) is 36.0 Å². The number of aromatic amines is 2. The molecule has 0 spiro atoms. The van der Waals surface area contributed by atoms with Gasteiger partial charge in [-0.1, -0.05) is 39.0 Å². The van der Waals surface area contributed by atoms with Gasteiger partial charge in [-0.15, -0.1) is 0 Å². The molecule has 0 aliphatic rings. The van der Waals surface area contributed by atoms with E-state index >= 15 is 0 Å². The average Bonchev–Trinajstić information content (AvgIpc) is 3.52. The van der Waals surface area contributed by atoms with Gasteiger partial charge >= 0.3 is 0 Å². The van der Waals surface area contributed by atoms with Crippen LogP contribution in [-0.2, 0) is 4.79 Å². The minimum absolute atomic E-state index is 0.0733. The van der Waals surface area contributed by atoms with Crippen LogP contribution in [0.1, 0.15) is 20.8 Å². The van der Waals surface area contributed by atoms with E-state index in [1.807, 2.05) is 69.3 Å². The Balaban J connectivity index is 1.40. The second-order valence-electron chi connectivity index (χ2n) is 10.00. The molecule has 6 aromatic rings. The van der Waals surface area contributed by atoms with Crippen molar-refractivity contribution in [1.82, 2.24) is 30.1 Å². The lowest BCUT2D eigenvalue weighted by Crippen LogP contribution is -2.27. The summed E-state index contributed by atoms with van der Waals surface area (Å²) in [5, 5.41) is 11.7. The maximum Gasteiger partial charge on any atom is 0.229 e. The Morgan fingerprint density at radius 3 is 2.62 bits per heavy atom. The van der Waals surface area contributed by atoms with Gasteiger partial charge in [-0.2, -0.15) is 5.10 Å². The van der Waals surface area contributed by atoms with Crippen molar-refractivity contribution in [2.24, 2.45) is 5.41 Å². The number of fused-ring (bicyclic) bond motifs is 2. The van der Waals surface area contributed by atoms with E-state index in [1.165, 1.54) is 0 Å². The number of nitrogens with zero attached hydrogens (tertiary/aromatic N) is 4. The summed E-state index contributed by atoms with van der Waals surface area (Å²) in [6, 6.07) is 19.9. The highest BCUT2D eigenvalue weighted by Crippen LogP contribution is 2.33. The van der Waals surface area contributed by atoms with Gasteiger partial charge < -0.3 is 10.3 Å². The number of carbonyl (C=O) groups is 1. The van der Waals surface area contributed by atoms with Crippen molar-refractivity contribution in [2.75, 3.05) is 5.32 Å². The summed E-state index contributed by atoms with van der Waals surface area (Å²) in [5.41, 5.74) is 7.78. The lowest BCUT2D eigenvalue weighted by Gasteiger charge is -2.17. The van der Waals surface area contributed by atoms with Crippen molar-refractivity contribution < 1.29 is 4.79 Å². The Kier molecular flexibility index (Phi) is 5.30. The van der Waals surface area contributed by atoms with E-state index in [0.29, 0.717) is 5.69 Å². The van der Waals surface area contributed by atoms with Crippen LogP contribution >= 0.6 is 0 Å². The number of hydrogen-bond donors (Lipinski definition) is 3. The van der Waals surface area contributed by atoms with Gasteiger partial charge in [0.1, 0.15) is 11.2 Å². The summed E-state index contributed by atoms with van der Waals surface area (Å²) in [4.78, 5) is 29.7. The van der Waals surface area contributed by atoms with Crippen LogP contribution < -0.4 is 5.32 Å². The molecule has 0 saturated heterocycles. The Labute approximate surface area is 213 Å². The van der Waals surface area contributed by atoms with Crippen molar-refractivity contribution in [1.29, 1.82) is 0 Å². The highest BCUT2D eigenvalue weighted by atomic mass is 16.2. The Bertz CT molecular complexity index is 1760. The van der Waals surface area contributed by atoms with E-state index in [2.05, 4.69) is 42.6 Å². The van der Waals surface area contributed by atoms with Crippen molar-refractivity contribution >= 4 is 33.5 Å². The molecule has 8 nitrogen and oxygen atoms in total. The molecule has 37 heavy (non-hydrogen) atoms. The minimum Gasteiger partial charge on any atom is -0.353 e. The Morgan fingerprint density at radius 2 is 1.81 bits per heavy atom. The monoisotopic (exact) mass is 487 g/mol. The van der Waals surface area contributed by atoms with Gasteiger partial charge in [-0.05, 0) is 42.5 Å². The number of aromatic nitrogens is 6. The lowest BCUT2D eigenvalue weighted by molar-refractivity contribution is -0.123. The molecule has 0 saturated carbocycles. The van der Waals surface area contributed by atoms with Crippen molar-refractivity contribution in [3.05, 3.63) is 79.3 Å². The first kappa shape index (κ1) is 22.6. The first-order valence-electron chi connectivity index (χ1n) is 12.0. The molecule has 0 aliphatic carbocycles. The summed E-state index contributed by atoms with van der Waals surface area (Å²) >= 11 is 0. The van der Waals surface area contributed by atoms with Crippen molar-refractivity contribution in [3.8, 4) is 33.9 Å². The molecule has 6 rings (SSSR count). The predicted molar refractivity (Wildman–Crippen MR) is 146 cm³/mol. The second-order valence-corrected chi connectivity index (χ2v) is 10.00. The van der Waals surface area contributed by atoms with E-state index in [0.717, 1.165) is 55.8 Å². The molecule has 1 amide bonds. The number of rotatable bonds is 4. The van der Waals surface area contributed by atoms with Crippen molar-refractivity contribution in [3.63, 3.8) is 0 Å². The fraction of sp³-hybridized carbons (Fsp3) is 0.138. The molecular weight excluding hydrogens is 462 g/mol. The number of nitrogens with one attached hydrogen (secondary N) is 3. The highest BCUT2D eigenvalue weighted by molar-refractivity contribution is 6.00. The molecule has 0 atom stereocenters. The van der Waals surface area contributed by atoms with Crippen LogP contribution in [0.15, 0.2) is 79.3 Å². The topological polar surface area (TPSA) is 112 Å². The lowest BCUT2D eigenvalue weighted by atomic mass is 9.95. The van der Waals surface area contributed by atoms with Gasteiger partial charge in [-0.25, -0.2) is 4.98 Å². The van der Waals surface area contributed by atoms with E-state index in [-0.39, 0.29) is 5.91 Å². The molecule has 1 aromatic carbocycles. The molecule has 0 bridgehead atoms. The first-order valence-corrected chi connectivity index (χ1v) is 12.0. The Hall–Kier alpha value is -4.85. The number of H-pyrrole nitrogens is 2. The number of carbonyl (C=O) groups excluding carboxylic acids is 1.